The van der Waals surface area contributed by atoms with Gasteiger partial charge in [0.25, 0.3) is 10.0 Å². The maximum Gasteiger partial charge on any atom is 0.352 e. The lowest BCUT2D eigenvalue weighted by molar-refractivity contribution is 0.0686. The summed E-state index contributed by atoms with van der Waals surface area (Å²) in [4.78, 5) is 14.6. The number of sulfonamides is 1. The van der Waals surface area contributed by atoms with Gasteiger partial charge in [0, 0.05) is 13.2 Å². The first-order valence-corrected chi connectivity index (χ1v) is 7.92. The summed E-state index contributed by atoms with van der Waals surface area (Å²) in [7, 11) is -2.38. The molecule has 2 N–H and O–H groups in total. The van der Waals surface area contributed by atoms with E-state index in [1.54, 1.807) is 0 Å². The zero-order valence-electron chi connectivity index (χ0n) is 9.49. The normalized spacial score (nSPS) is 11.5. The molecule has 0 saturated heterocycles. The lowest BCUT2D eigenvalue weighted by Crippen LogP contribution is -2.11. The summed E-state index contributed by atoms with van der Waals surface area (Å²) in [5.41, 5.74) is -0.110. The van der Waals surface area contributed by atoms with E-state index in [0.717, 1.165) is 17.4 Å². The Labute approximate surface area is 121 Å². The molecule has 0 saturated carbocycles. The minimum Gasteiger partial charge on any atom is -0.477 e. The number of hydrogen-bond donors (Lipinski definition) is 2. The number of rotatable bonds is 4. The van der Waals surface area contributed by atoms with E-state index in [-0.39, 0.29) is 15.7 Å². The number of halogens is 1. The largest absolute Gasteiger partial charge is 0.477 e. The van der Waals surface area contributed by atoms with Crippen molar-refractivity contribution >= 4 is 48.4 Å². The minimum atomic E-state index is -3.84. The van der Waals surface area contributed by atoms with E-state index in [1.165, 1.54) is 24.0 Å². The molecule has 2 aromatic heterocycles. The topological polar surface area (TPSA) is 101 Å². The van der Waals surface area contributed by atoms with Crippen molar-refractivity contribution in [1.29, 1.82) is 0 Å². The zero-order valence-corrected chi connectivity index (χ0v) is 12.7. The van der Waals surface area contributed by atoms with Crippen LogP contribution in [0, 0.1) is 0 Å². The van der Waals surface area contributed by atoms with Crippen LogP contribution in [0.3, 0.4) is 0 Å². The van der Waals surface area contributed by atoms with Gasteiger partial charge in [-0.05, 0) is 22.0 Å². The quantitative estimate of drug-likeness (QED) is 0.859. The van der Waals surface area contributed by atoms with Crippen molar-refractivity contribution in [1.82, 2.24) is 9.55 Å². The second-order valence-corrected chi connectivity index (χ2v) is 7.64. The van der Waals surface area contributed by atoms with Gasteiger partial charge in [0.15, 0.2) is 5.13 Å². The molecule has 0 bridgehead atoms. The highest BCUT2D eigenvalue weighted by molar-refractivity contribution is 9.11. The molecule has 102 valence electrons. The fraction of sp³-hybridized carbons (Fsp3) is 0.111. The summed E-state index contributed by atoms with van der Waals surface area (Å²) in [6.07, 6.45) is 2.70. The van der Waals surface area contributed by atoms with Crippen LogP contribution in [-0.2, 0) is 17.1 Å². The Kier molecular flexibility index (Phi) is 3.65. The number of hydrogen-bond acceptors (Lipinski definition) is 5. The monoisotopic (exact) mass is 365 g/mol. The zero-order chi connectivity index (χ0) is 14.2. The van der Waals surface area contributed by atoms with Gasteiger partial charge in [-0.15, -0.1) is 0 Å². The molecule has 0 aromatic carbocycles. The first-order valence-electron chi connectivity index (χ1n) is 4.83. The smallest absolute Gasteiger partial charge is 0.352 e. The van der Waals surface area contributed by atoms with Gasteiger partial charge < -0.3 is 9.67 Å². The van der Waals surface area contributed by atoms with E-state index in [1.807, 2.05) is 0 Å². The van der Waals surface area contributed by atoms with Crippen LogP contribution >= 0.6 is 27.3 Å². The molecule has 0 aliphatic rings. The molecule has 0 aliphatic carbocycles. The highest BCUT2D eigenvalue weighted by Crippen LogP contribution is 2.25. The van der Waals surface area contributed by atoms with Gasteiger partial charge in [0.05, 0.1) is 9.98 Å². The molecule has 2 aromatic rings. The van der Waals surface area contributed by atoms with Gasteiger partial charge in [0.2, 0.25) is 0 Å². The molecule has 0 atom stereocenters. The molecule has 0 radical (unpaired) electrons. The summed E-state index contributed by atoms with van der Waals surface area (Å²) >= 11 is 4.29. The van der Waals surface area contributed by atoms with Gasteiger partial charge in [0.1, 0.15) is 10.6 Å². The maximum atomic E-state index is 12.0. The van der Waals surface area contributed by atoms with Gasteiger partial charge >= 0.3 is 5.97 Å². The van der Waals surface area contributed by atoms with Gasteiger partial charge in [-0.1, -0.05) is 11.3 Å². The van der Waals surface area contributed by atoms with Crippen LogP contribution in [0.5, 0.6) is 0 Å². The third-order valence-electron chi connectivity index (χ3n) is 2.21. The van der Waals surface area contributed by atoms with E-state index in [0.29, 0.717) is 3.79 Å². The predicted molar refractivity (Wildman–Crippen MR) is 73.0 cm³/mol. The molecule has 0 spiro atoms. The molecule has 0 unspecified atom stereocenters. The molecule has 0 aliphatic heterocycles. The number of carboxylic acids is 1. The summed E-state index contributed by atoms with van der Waals surface area (Å²) in [5.74, 6) is -1.19. The number of anilines is 1. The summed E-state index contributed by atoms with van der Waals surface area (Å²) in [5, 5.41) is 9.09. The first-order chi connectivity index (χ1) is 8.79. The van der Waals surface area contributed by atoms with E-state index < -0.39 is 16.0 Å². The molecular formula is C9H8BrN3O4S2. The van der Waals surface area contributed by atoms with E-state index in [4.69, 9.17) is 5.11 Å². The van der Waals surface area contributed by atoms with Crippen LogP contribution in [0.15, 0.2) is 27.1 Å². The Hall–Kier alpha value is -1.39. The number of aromatic carboxylic acids is 1. The van der Waals surface area contributed by atoms with Crippen molar-refractivity contribution in [2.45, 2.75) is 4.90 Å². The molecule has 2 heterocycles. The Morgan fingerprint density at radius 3 is 2.74 bits per heavy atom. The van der Waals surface area contributed by atoms with Gasteiger partial charge in [-0.25, -0.2) is 18.2 Å². The van der Waals surface area contributed by atoms with Crippen LogP contribution in [0.2, 0.25) is 0 Å². The number of nitrogens with one attached hydrogen (secondary N) is 1. The fourth-order valence-corrected chi connectivity index (χ4v) is 3.79. The molecule has 10 heteroatoms. The average Bonchev–Trinajstić information content (AvgIpc) is 2.84. The Morgan fingerprint density at radius 2 is 2.26 bits per heavy atom. The average molecular weight is 366 g/mol. The number of carbonyl (C=O) groups is 1. The van der Waals surface area contributed by atoms with Crippen LogP contribution in [-0.4, -0.2) is 29.0 Å². The first kappa shape index (κ1) is 14.0. The lowest BCUT2D eigenvalue weighted by Gasteiger charge is -2.01. The number of thiazole rings is 1. The van der Waals surface area contributed by atoms with Crippen molar-refractivity contribution in [2.75, 3.05) is 4.72 Å². The number of aromatic nitrogens is 2. The van der Waals surface area contributed by atoms with Gasteiger partial charge in [-0.3, -0.25) is 4.72 Å². The van der Waals surface area contributed by atoms with Gasteiger partial charge in [-0.2, -0.15) is 0 Å². The van der Waals surface area contributed by atoms with Crippen molar-refractivity contribution in [2.24, 2.45) is 7.05 Å². The molecule has 0 amide bonds. The second kappa shape index (κ2) is 4.94. The molecule has 7 nitrogen and oxygen atoms in total. The molecule has 0 fully saturated rings. The highest BCUT2D eigenvalue weighted by atomic mass is 79.9. The van der Waals surface area contributed by atoms with E-state index in [2.05, 4.69) is 25.6 Å². The summed E-state index contributed by atoms with van der Waals surface area (Å²) in [6, 6.07) is 1.09. The van der Waals surface area contributed by atoms with Crippen LogP contribution in [0.1, 0.15) is 10.5 Å². The SMILES string of the molecule is Cn1cc(S(=O)(=O)Nc2ncc(Br)s2)cc1C(=O)O. The summed E-state index contributed by atoms with van der Waals surface area (Å²) in [6.45, 7) is 0. The maximum absolute atomic E-state index is 12.0. The van der Waals surface area contributed by atoms with E-state index >= 15 is 0 Å². The molecular weight excluding hydrogens is 358 g/mol. The second-order valence-electron chi connectivity index (χ2n) is 3.55. The lowest BCUT2D eigenvalue weighted by atomic mass is 10.4. The van der Waals surface area contributed by atoms with E-state index in [9.17, 15) is 13.2 Å². The van der Waals surface area contributed by atoms with Crippen LogP contribution in [0.25, 0.3) is 0 Å². The fourth-order valence-electron chi connectivity index (χ4n) is 1.37. The Bertz CT molecular complexity index is 734. The van der Waals surface area contributed by atoms with Crippen LogP contribution in [0.4, 0.5) is 5.13 Å². The third kappa shape index (κ3) is 2.96. The molecule has 2 rings (SSSR count). The molecule has 19 heavy (non-hydrogen) atoms. The predicted octanol–water partition coefficient (Wildman–Crippen LogP) is 1.74. The standard InChI is InChI=1S/C9H8BrN3O4S2/c1-13-4-5(2-6(13)8(14)15)19(16,17)12-9-11-3-7(10)18-9/h2-4H,1H3,(H,11,12)(H,14,15). The summed E-state index contributed by atoms with van der Waals surface area (Å²) < 4.78 is 28.3. The van der Waals surface area contributed by atoms with Crippen molar-refractivity contribution in [3.63, 3.8) is 0 Å². The number of aryl methyl sites for hydroxylation is 1. The Morgan fingerprint density at radius 1 is 1.58 bits per heavy atom. The number of nitrogens with zero attached hydrogens (tertiary/aromatic N) is 2. The van der Waals surface area contributed by atoms with Crippen molar-refractivity contribution in [3.8, 4) is 0 Å². The van der Waals surface area contributed by atoms with Crippen molar-refractivity contribution in [3.05, 3.63) is 27.9 Å². The Balaban J connectivity index is 2.34. The third-order valence-corrected chi connectivity index (χ3v) is 5.04. The van der Waals surface area contributed by atoms with Crippen LogP contribution < -0.4 is 4.72 Å². The minimum absolute atomic E-state index is 0.110. The highest BCUT2D eigenvalue weighted by Gasteiger charge is 2.21. The van der Waals surface area contributed by atoms with Crippen molar-refractivity contribution < 1.29 is 18.3 Å². The number of carboxylic acid groups (broad SMARTS) is 1.